The molecule has 9 heteroatoms. The molecule has 0 saturated heterocycles. The second kappa shape index (κ2) is 7.68. The molecular formula is C23H23N5O3S. The number of benzene rings is 2. The van der Waals surface area contributed by atoms with E-state index in [2.05, 4.69) is 15.2 Å². The Bertz CT molecular complexity index is 1410. The molecule has 8 nitrogen and oxygen atoms in total. The highest BCUT2D eigenvalue weighted by Crippen LogP contribution is 2.32. The van der Waals surface area contributed by atoms with Gasteiger partial charge in [-0.2, -0.15) is 14.4 Å². The van der Waals surface area contributed by atoms with Gasteiger partial charge in [0, 0.05) is 43.4 Å². The topological polar surface area (TPSA) is 94.1 Å². The van der Waals surface area contributed by atoms with E-state index in [1.165, 1.54) is 4.31 Å². The van der Waals surface area contributed by atoms with Crippen LogP contribution in [0.4, 0.5) is 0 Å². The van der Waals surface area contributed by atoms with Gasteiger partial charge >= 0.3 is 0 Å². The summed E-state index contributed by atoms with van der Waals surface area (Å²) in [6, 6.07) is 14.8. The molecule has 0 aliphatic carbocycles. The van der Waals surface area contributed by atoms with Crippen LogP contribution in [0.1, 0.15) is 22.4 Å². The molecule has 3 heterocycles. The summed E-state index contributed by atoms with van der Waals surface area (Å²) in [5.41, 5.74) is 5.15. The van der Waals surface area contributed by atoms with E-state index in [9.17, 15) is 8.42 Å². The second-order valence-electron chi connectivity index (χ2n) is 8.02. The third-order valence-corrected chi connectivity index (χ3v) is 7.83. The van der Waals surface area contributed by atoms with E-state index in [4.69, 9.17) is 4.52 Å². The number of aromatic nitrogens is 4. The van der Waals surface area contributed by atoms with E-state index in [-0.39, 0.29) is 12.4 Å². The van der Waals surface area contributed by atoms with E-state index in [0.717, 1.165) is 27.9 Å². The first-order valence-electron chi connectivity index (χ1n) is 10.4. The maximum absolute atomic E-state index is 13.4. The molecule has 0 unspecified atom stereocenters. The summed E-state index contributed by atoms with van der Waals surface area (Å²) in [5.74, 6) is 0.751. The lowest BCUT2D eigenvalue weighted by Gasteiger charge is -2.27. The van der Waals surface area contributed by atoms with Crippen molar-refractivity contribution in [1.82, 2.24) is 24.2 Å². The van der Waals surface area contributed by atoms with Gasteiger partial charge in [-0.15, -0.1) is 0 Å². The minimum absolute atomic E-state index is 0.205. The van der Waals surface area contributed by atoms with Crippen LogP contribution in [-0.2, 0) is 30.0 Å². The van der Waals surface area contributed by atoms with E-state index in [0.29, 0.717) is 29.4 Å². The fourth-order valence-electron chi connectivity index (χ4n) is 3.99. The maximum atomic E-state index is 13.4. The summed E-state index contributed by atoms with van der Waals surface area (Å²) in [5, 5.41) is 8.67. The van der Waals surface area contributed by atoms with Gasteiger partial charge in [0.2, 0.25) is 15.8 Å². The summed E-state index contributed by atoms with van der Waals surface area (Å²) in [6.07, 6.45) is 0.558. The minimum atomic E-state index is -3.64. The van der Waals surface area contributed by atoms with Crippen molar-refractivity contribution in [1.29, 1.82) is 0 Å². The van der Waals surface area contributed by atoms with Crippen molar-refractivity contribution >= 4 is 10.0 Å². The smallest absolute Gasteiger partial charge is 0.279 e. The fourth-order valence-corrected chi connectivity index (χ4v) is 5.49. The average Bonchev–Trinajstić information content (AvgIpc) is 3.41. The SMILES string of the molecule is Cc1ccc(S(=O)(=O)N2CCc3c(c(-c4nc(-c5ccccc5)no4)nn3C)C2)cc1C. The normalized spacial score (nSPS) is 14.5. The van der Waals surface area contributed by atoms with E-state index >= 15 is 0 Å². The molecule has 5 rings (SSSR count). The molecule has 0 fully saturated rings. The molecule has 2 aromatic carbocycles. The van der Waals surface area contributed by atoms with Crippen molar-refractivity contribution in [3.05, 3.63) is 70.9 Å². The first kappa shape index (κ1) is 20.6. The van der Waals surface area contributed by atoms with Crippen molar-refractivity contribution in [3.8, 4) is 23.0 Å². The van der Waals surface area contributed by atoms with Gasteiger partial charge in [0.15, 0.2) is 5.69 Å². The second-order valence-corrected chi connectivity index (χ2v) is 9.96. The van der Waals surface area contributed by atoms with Crippen LogP contribution >= 0.6 is 0 Å². The standard InChI is InChI=1S/C23H23N5O3S/c1-15-9-10-18(13-16(15)2)32(29,30)28-12-11-20-19(14-28)21(25-27(20)3)23-24-22(26-31-23)17-7-5-4-6-8-17/h4-10,13H,11-12,14H2,1-3H3. The van der Waals surface area contributed by atoms with Crippen LogP contribution in [0.3, 0.4) is 0 Å². The molecule has 0 amide bonds. The predicted octanol–water partition coefficient (Wildman–Crippen LogP) is 3.50. The summed E-state index contributed by atoms with van der Waals surface area (Å²) >= 11 is 0. The molecule has 0 bridgehead atoms. The number of rotatable bonds is 4. The number of aryl methyl sites for hydroxylation is 3. The van der Waals surface area contributed by atoms with Gasteiger partial charge in [0.05, 0.1) is 4.90 Å². The largest absolute Gasteiger partial charge is 0.332 e. The first-order chi connectivity index (χ1) is 15.3. The van der Waals surface area contributed by atoms with Gasteiger partial charge < -0.3 is 4.52 Å². The van der Waals surface area contributed by atoms with Gasteiger partial charge in [-0.3, -0.25) is 4.68 Å². The lowest BCUT2D eigenvalue weighted by atomic mass is 10.1. The van der Waals surface area contributed by atoms with Gasteiger partial charge in [-0.1, -0.05) is 41.6 Å². The Morgan fingerprint density at radius 3 is 2.56 bits per heavy atom. The Balaban J connectivity index is 1.50. The zero-order chi connectivity index (χ0) is 22.5. The van der Waals surface area contributed by atoms with Crippen LogP contribution in [-0.4, -0.2) is 39.2 Å². The maximum Gasteiger partial charge on any atom is 0.279 e. The van der Waals surface area contributed by atoms with Crippen LogP contribution in [0.15, 0.2) is 57.9 Å². The fraction of sp³-hybridized carbons (Fsp3) is 0.261. The monoisotopic (exact) mass is 449 g/mol. The zero-order valence-electron chi connectivity index (χ0n) is 18.1. The zero-order valence-corrected chi connectivity index (χ0v) is 18.9. The lowest BCUT2D eigenvalue weighted by Crippen LogP contribution is -2.36. The van der Waals surface area contributed by atoms with Gasteiger partial charge in [-0.05, 0) is 37.1 Å². The Kier molecular flexibility index (Phi) is 4.94. The number of fused-ring (bicyclic) bond motifs is 1. The minimum Gasteiger partial charge on any atom is -0.332 e. The number of hydrogen-bond donors (Lipinski definition) is 0. The summed E-state index contributed by atoms with van der Waals surface area (Å²) in [4.78, 5) is 4.82. The van der Waals surface area contributed by atoms with Gasteiger partial charge in [0.1, 0.15) is 0 Å². The van der Waals surface area contributed by atoms with Crippen molar-refractivity contribution in [2.24, 2.45) is 7.05 Å². The molecule has 1 aliphatic rings. The highest BCUT2D eigenvalue weighted by molar-refractivity contribution is 7.89. The summed E-state index contributed by atoms with van der Waals surface area (Å²) < 4.78 is 35.5. The van der Waals surface area contributed by atoms with Crippen molar-refractivity contribution in [3.63, 3.8) is 0 Å². The molecule has 4 aromatic rings. The Labute approximate surface area is 186 Å². The average molecular weight is 450 g/mol. The molecule has 0 atom stereocenters. The Hall–Kier alpha value is -3.30. The third-order valence-electron chi connectivity index (χ3n) is 5.98. The summed E-state index contributed by atoms with van der Waals surface area (Å²) in [6.45, 7) is 4.48. The molecule has 0 spiro atoms. The number of nitrogens with zero attached hydrogens (tertiary/aromatic N) is 5. The molecule has 1 aliphatic heterocycles. The van der Waals surface area contributed by atoms with Gasteiger partial charge in [0.25, 0.3) is 5.89 Å². The van der Waals surface area contributed by atoms with E-state index < -0.39 is 10.0 Å². The van der Waals surface area contributed by atoms with E-state index in [1.807, 2.05) is 57.3 Å². The number of sulfonamides is 1. The van der Waals surface area contributed by atoms with Gasteiger partial charge in [-0.25, -0.2) is 8.42 Å². The van der Waals surface area contributed by atoms with Crippen LogP contribution < -0.4 is 0 Å². The van der Waals surface area contributed by atoms with E-state index in [1.54, 1.807) is 16.8 Å². The quantitative estimate of drug-likeness (QED) is 0.473. The Morgan fingerprint density at radius 1 is 1.03 bits per heavy atom. The van der Waals surface area contributed by atoms with Crippen LogP contribution in [0.5, 0.6) is 0 Å². The molecule has 2 aromatic heterocycles. The Morgan fingerprint density at radius 2 is 1.81 bits per heavy atom. The van der Waals surface area contributed by atoms with Crippen LogP contribution in [0, 0.1) is 13.8 Å². The highest BCUT2D eigenvalue weighted by Gasteiger charge is 2.33. The predicted molar refractivity (Wildman–Crippen MR) is 119 cm³/mol. The molecule has 0 radical (unpaired) electrons. The third kappa shape index (κ3) is 3.43. The van der Waals surface area contributed by atoms with Crippen LogP contribution in [0.2, 0.25) is 0 Å². The van der Waals surface area contributed by atoms with Crippen molar-refractivity contribution in [2.45, 2.75) is 31.7 Å². The molecular weight excluding hydrogens is 426 g/mol. The first-order valence-corrected chi connectivity index (χ1v) is 11.8. The number of hydrogen-bond acceptors (Lipinski definition) is 6. The molecule has 164 valence electrons. The molecule has 0 saturated carbocycles. The molecule has 0 N–H and O–H groups in total. The van der Waals surface area contributed by atoms with Crippen LogP contribution in [0.25, 0.3) is 23.0 Å². The molecule has 32 heavy (non-hydrogen) atoms. The van der Waals surface area contributed by atoms with Crippen molar-refractivity contribution in [2.75, 3.05) is 6.54 Å². The lowest BCUT2D eigenvalue weighted by molar-refractivity contribution is 0.385. The van der Waals surface area contributed by atoms with Crippen molar-refractivity contribution < 1.29 is 12.9 Å². The summed E-state index contributed by atoms with van der Waals surface area (Å²) in [7, 11) is -1.79. The highest BCUT2D eigenvalue weighted by atomic mass is 32.2.